The molecule has 1 fully saturated rings. The molecule has 1 unspecified atom stereocenters. The van der Waals surface area contributed by atoms with Crippen LogP contribution < -0.4 is 5.32 Å². The summed E-state index contributed by atoms with van der Waals surface area (Å²) in [6.45, 7) is 9.78. The summed E-state index contributed by atoms with van der Waals surface area (Å²) in [5.41, 5.74) is 0.570. The number of anilines is 1. The van der Waals surface area contributed by atoms with Crippen molar-refractivity contribution in [3.63, 3.8) is 0 Å². The number of thiophene rings is 1. The van der Waals surface area contributed by atoms with Gasteiger partial charge in [-0.3, -0.25) is 4.79 Å². The normalized spacial score (nSPS) is 15.2. The molecule has 0 spiro atoms. The molecule has 1 atom stereocenters. The summed E-state index contributed by atoms with van der Waals surface area (Å²) in [6, 6.07) is 1.79. The Labute approximate surface area is 160 Å². The summed E-state index contributed by atoms with van der Waals surface area (Å²) in [5.74, 6) is 6.07. The minimum absolute atomic E-state index is 0.0791. The maximum Gasteiger partial charge on any atom is 0.350 e. The lowest BCUT2D eigenvalue weighted by molar-refractivity contribution is -0.130. The maximum atomic E-state index is 12.3. The molecule has 1 aliphatic heterocycles. The van der Waals surface area contributed by atoms with E-state index in [-0.39, 0.29) is 23.3 Å². The number of nitrogens with one attached hydrogen (secondary N) is 1. The quantitative estimate of drug-likeness (QED) is 0.628. The zero-order chi connectivity index (χ0) is 19.3. The second-order valence-corrected chi connectivity index (χ2v) is 8.73. The van der Waals surface area contributed by atoms with Crippen molar-refractivity contribution in [3.8, 4) is 11.8 Å². The number of likely N-dealkylation sites (tertiary alicyclic amines) is 1. The zero-order valence-electron chi connectivity index (χ0n) is 16.3. The van der Waals surface area contributed by atoms with Gasteiger partial charge in [-0.1, -0.05) is 11.8 Å². The number of nitrogens with zero attached hydrogens (tertiary/aromatic N) is 1. The fourth-order valence-electron chi connectivity index (χ4n) is 2.73. The molecule has 0 bridgehead atoms. The van der Waals surface area contributed by atoms with Crippen LogP contribution in [0.2, 0.25) is 0 Å². The number of carbonyl (C=O) groups excluding carboxylic acids is 2. The Morgan fingerprint density at radius 2 is 2.00 bits per heavy atom. The van der Waals surface area contributed by atoms with Gasteiger partial charge in [-0.2, -0.15) is 0 Å². The molecule has 0 aliphatic carbocycles. The van der Waals surface area contributed by atoms with Crippen LogP contribution in [0, 0.1) is 17.3 Å². The lowest BCUT2D eigenvalue weighted by atomic mass is 9.98. The first-order valence-electron chi connectivity index (χ1n) is 8.99. The Morgan fingerprint density at radius 3 is 2.58 bits per heavy atom. The van der Waals surface area contributed by atoms with E-state index in [0.29, 0.717) is 17.0 Å². The van der Waals surface area contributed by atoms with E-state index in [1.54, 1.807) is 0 Å². The molecular formula is C20H28N2O3S. The number of rotatable bonds is 5. The third-order valence-electron chi connectivity index (χ3n) is 4.01. The van der Waals surface area contributed by atoms with Crippen molar-refractivity contribution in [1.82, 2.24) is 4.90 Å². The molecule has 26 heavy (non-hydrogen) atoms. The molecule has 2 rings (SSSR count). The van der Waals surface area contributed by atoms with Crippen molar-refractivity contribution >= 4 is 28.9 Å². The van der Waals surface area contributed by atoms with Gasteiger partial charge in [0.15, 0.2) is 0 Å². The lowest BCUT2D eigenvalue weighted by Gasteiger charge is -2.19. The van der Waals surface area contributed by atoms with Crippen molar-refractivity contribution in [1.29, 1.82) is 0 Å². The third-order valence-corrected chi connectivity index (χ3v) is 5.04. The number of hydrogen-bond acceptors (Lipinski definition) is 5. The summed E-state index contributed by atoms with van der Waals surface area (Å²) in [4.78, 5) is 27.6. The molecule has 0 saturated carbocycles. The topological polar surface area (TPSA) is 58.6 Å². The molecule has 1 amide bonds. The van der Waals surface area contributed by atoms with Crippen LogP contribution in [0.3, 0.4) is 0 Å². The first-order valence-corrected chi connectivity index (χ1v) is 9.81. The van der Waals surface area contributed by atoms with Crippen molar-refractivity contribution in [3.05, 3.63) is 15.8 Å². The Balaban J connectivity index is 2.12. The number of amides is 1. The Kier molecular flexibility index (Phi) is 6.71. The van der Waals surface area contributed by atoms with Crippen molar-refractivity contribution in [2.75, 3.05) is 25.5 Å². The van der Waals surface area contributed by atoms with Crippen molar-refractivity contribution in [2.24, 2.45) is 5.41 Å². The summed E-state index contributed by atoms with van der Waals surface area (Å²) in [7, 11) is 1.37. The monoisotopic (exact) mass is 376 g/mol. The predicted octanol–water partition coefficient (Wildman–Crippen LogP) is 3.75. The summed E-state index contributed by atoms with van der Waals surface area (Å²) >= 11 is 1.31. The van der Waals surface area contributed by atoms with Gasteiger partial charge in [0.2, 0.25) is 5.91 Å². The number of hydrogen-bond donors (Lipinski definition) is 1. The maximum absolute atomic E-state index is 12.3. The zero-order valence-corrected chi connectivity index (χ0v) is 17.1. The van der Waals surface area contributed by atoms with E-state index in [4.69, 9.17) is 4.74 Å². The van der Waals surface area contributed by atoms with Crippen LogP contribution >= 0.6 is 11.3 Å². The second kappa shape index (κ2) is 8.59. The summed E-state index contributed by atoms with van der Waals surface area (Å²) < 4.78 is 4.89. The van der Waals surface area contributed by atoms with Gasteiger partial charge in [0.25, 0.3) is 0 Å². The number of carbonyl (C=O) groups is 2. The molecule has 6 heteroatoms. The molecule has 142 valence electrons. The first-order chi connectivity index (χ1) is 12.2. The van der Waals surface area contributed by atoms with Crippen LogP contribution in [-0.4, -0.2) is 43.0 Å². The van der Waals surface area contributed by atoms with Gasteiger partial charge < -0.3 is 15.0 Å². The number of methoxy groups -OCH3 is 1. The van der Waals surface area contributed by atoms with Crippen molar-refractivity contribution < 1.29 is 14.3 Å². The highest BCUT2D eigenvalue weighted by Crippen LogP contribution is 2.29. The van der Waals surface area contributed by atoms with Crippen LogP contribution in [0.15, 0.2) is 6.07 Å². The molecule has 2 heterocycles. The largest absolute Gasteiger partial charge is 0.465 e. The number of ether oxygens (including phenoxy) is 1. The molecular weight excluding hydrogens is 348 g/mol. The van der Waals surface area contributed by atoms with Gasteiger partial charge in [0, 0.05) is 31.0 Å². The minimum atomic E-state index is -0.389. The average Bonchev–Trinajstić information content (AvgIpc) is 3.21. The van der Waals surface area contributed by atoms with E-state index in [1.165, 1.54) is 18.4 Å². The van der Waals surface area contributed by atoms with Crippen LogP contribution in [0.1, 0.15) is 61.5 Å². The van der Waals surface area contributed by atoms with Gasteiger partial charge in [-0.15, -0.1) is 11.3 Å². The van der Waals surface area contributed by atoms with E-state index in [1.807, 2.05) is 38.7 Å². The van der Waals surface area contributed by atoms with Gasteiger partial charge in [-0.05, 0) is 46.6 Å². The van der Waals surface area contributed by atoms with E-state index >= 15 is 0 Å². The Hall–Kier alpha value is -2.00. The molecule has 1 aromatic heterocycles. The molecule has 1 saturated heterocycles. The molecule has 1 aliphatic rings. The molecule has 1 aromatic rings. The molecule has 0 aromatic carbocycles. The summed E-state index contributed by atoms with van der Waals surface area (Å²) in [6.07, 6.45) is 2.57. The second-order valence-electron chi connectivity index (χ2n) is 7.68. The van der Waals surface area contributed by atoms with Crippen LogP contribution in [0.5, 0.6) is 0 Å². The Bertz CT molecular complexity index is 716. The minimum Gasteiger partial charge on any atom is -0.465 e. The fourth-order valence-corrected chi connectivity index (χ4v) is 3.62. The van der Waals surface area contributed by atoms with Crippen LogP contribution in [-0.2, 0) is 9.53 Å². The highest BCUT2D eigenvalue weighted by atomic mass is 32.1. The molecule has 0 radical (unpaired) electrons. The van der Waals surface area contributed by atoms with Gasteiger partial charge in [-0.25, -0.2) is 4.79 Å². The van der Waals surface area contributed by atoms with Gasteiger partial charge in [0.05, 0.1) is 17.7 Å². The van der Waals surface area contributed by atoms with Crippen molar-refractivity contribution in [2.45, 2.75) is 53.0 Å². The van der Waals surface area contributed by atoms with E-state index in [0.717, 1.165) is 30.8 Å². The third kappa shape index (κ3) is 5.77. The Morgan fingerprint density at radius 1 is 1.35 bits per heavy atom. The summed E-state index contributed by atoms with van der Waals surface area (Å²) in [5, 5.41) is 3.29. The van der Waals surface area contributed by atoms with E-state index in [9.17, 15) is 9.59 Å². The highest BCUT2D eigenvalue weighted by Gasteiger charge is 2.22. The average molecular weight is 377 g/mol. The first kappa shape index (κ1) is 20.3. The van der Waals surface area contributed by atoms with E-state index in [2.05, 4.69) is 17.2 Å². The lowest BCUT2D eigenvalue weighted by Crippen LogP contribution is -2.32. The molecule has 1 N–H and O–H groups in total. The van der Waals surface area contributed by atoms with E-state index < -0.39 is 0 Å². The van der Waals surface area contributed by atoms with Gasteiger partial charge in [0.1, 0.15) is 4.88 Å². The standard InChI is InChI=1S/C20H28N2O3S/c1-14(12-17(23)22-10-6-7-11-22)21-16-13-15(8-9-20(2,3)4)26-18(16)19(24)25-5/h13-14,21H,6-7,10-12H2,1-5H3. The fraction of sp³-hybridized carbons (Fsp3) is 0.600. The van der Waals surface area contributed by atoms with Crippen LogP contribution in [0.4, 0.5) is 5.69 Å². The number of esters is 1. The highest BCUT2D eigenvalue weighted by molar-refractivity contribution is 7.15. The van der Waals surface area contributed by atoms with Gasteiger partial charge >= 0.3 is 5.97 Å². The van der Waals surface area contributed by atoms with Crippen LogP contribution in [0.25, 0.3) is 0 Å². The molecule has 5 nitrogen and oxygen atoms in total. The predicted molar refractivity (Wildman–Crippen MR) is 106 cm³/mol. The smallest absolute Gasteiger partial charge is 0.350 e. The SMILES string of the molecule is COC(=O)c1sc(C#CC(C)(C)C)cc1NC(C)CC(=O)N1CCCC1.